The third-order valence-electron chi connectivity index (χ3n) is 12.1. The molecular formula is C63H106O6. The minimum Gasteiger partial charge on any atom is -0.462 e. The van der Waals surface area contributed by atoms with Crippen molar-refractivity contribution >= 4 is 17.9 Å². The van der Waals surface area contributed by atoms with Crippen LogP contribution >= 0.6 is 0 Å². The molecule has 0 N–H and O–H groups in total. The lowest BCUT2D eigenvalue weighted by Crippen LogP contribution is -2.30. The Balaban J connectivity index is 4.41. The van der Waals surface area contributed by atoms with Crippen molar-refractivity contribution in [3.05, 3.63) is 97.2 Å². The van der Waals surface area contributed by atoms with Crippen molar-refractivity contribution in [2.75, 3.05) is 13.2 Å². The topological polar surface area (TPSA) is 78.9 Å². The van der Waals surface area contributed by atoms with Crippen LogP contribution in [-0.4, -0.2) is 37.2 Å². The number of ether oxygens (including phenoxy) is 3. The molecule has 0 amide bonds. The maximum absolute atomic E-state index is 12.9. The van der Waals surface area contributed by atoms with E-state index in [0.29, 0.717) is 19.3 Å². The fraction of sp³-hybridized carbons (Fsp3) is 0.698. The highest BCUT2D eigenvalue weighted by molar-refractivity contribution is 5.71. The maximum Gasteiger partial charge on any atom is 0.306 e. The van der Waals surface area contributed by atoms with Crippen molar-refractivity contribution in [1.29, 1.82) is 0 Å². The number of allylic oxidation sites excluding steroid dienone is 16. The summed E-state index contributed by atoms with van der Waals surface area (Å²) in [5, 5.41) is 0. The maximum atomic E-state index is 12.9. The number of hydrogen-bond donors (Lipinski definition) is 0. The average Bonchev–Trinajstić information content (AvgIpc) is 3.35. The number of esters is 3. The normalized spacial score (nSPS) is 12.8. The van der Waals surface area contributed by atoms with E-state index in [4.69, 9.17) is 14.2 Å². The first-order chi connectivity index (χ1) is 34.0. The van der Waals surface area contributed by atoms with E-state index in [1.165, 1.54) is 122 Å². The standard InChI is InChI=1S/C63H106O6/c1-4-7-10-13-16-19-22-25-28-30-31-33-35-38-41-44-47-50-53-56-62(65)68-59-60(58-67-61(64)55-52-49-46-43-40-37-34-27-24-21-18-15-12-9-6-3)69-63(66)57-54-51-48-45-42-39-36-32-29-26-23-20-17-14-11-8-5-2/h7,9-10,12,15-21,24-26,28-29,60H,4-6,8,11,13-14,22-23,27,30-59H2,1-3H3/b10-7-,12-9-,18-15-,19-16-,20-17-,24-21-,28-25-,29-26-. The number of carbonyl (C=O) groups excluding carboxylic acids is 3. The molecule has 0 aromatic rings. The van der Waals surface area contributed by atoms with Crippen molar-refractivity contribution in [1.82, 2.24) is 0 Å². The molecule has 6 nitrogen and oxygen atoms in total. The van der Waals surface area contributed by atoms with Gasteiger partial charge in [0.15, 0.2) is 6.10 Å². The molecule has 0 radical (unpaired) electrons. The van der Waals surface area contributed by atoms with Gasteiger partial charge in [0.1, 0.15) is 13.2 Å². The van der Waals surface area contributed by atoms with Crippen LogP contribution in [0.2, 0.25) is 0 Å². The molecule has 0 aliphatic carbocycles. The van der Waals surface area contributed by atoms with Gasteiger partial charge in [-0.2, -0.15) is 0 Å². The van der Waals surface area contributed by atoms with Crippen LogP contribution in [0.15, 0.2) is 97.2 Å². The highest BCUT2D eigenvalue weighted by Crippen LogP contribution is 2.15. The SMILES string of the molecule is CC\C=C/C=C\C=C/CCCCCCCCCC(=O)OCC(COC(=O)CCCCCCCCCCC/C=C\C/C=C\C/C=C\CC)OC(=O)CCCCCCCCC/C=C\C/C=C\CCCCC. The summed E-state index contributed by atoms with van der Waals surface area (Å²) in [6.45, 7) is 6.37. The van der Waals surface area contributed by atoms with Gasteiger partial charge in [0.05, 0.1) is 0 Å². The molecule has 0 heterocycles. The lowest BCUT2D eigenvalue weighted by atomic mass is 10.1. The summed E-state index contributed by atoms with van der Waals surface area (Å²) in [5.41, 5.74) is 0. The fourth-order valence-electron chi connectivity index (χ4n) is 7.84. The van der Waals surface area contributed by atoms with E-state index in [1.54, 1.807) is 0 Å². The monoisotopic (exact) mass is 959 g/mol. The Morgan fingerprint density at radius 3 is 1.04 bits per heavy atom. The Kier molecular flexibility index (Phi) is 53.9. The largest absolute Gasteiger partial charge is 0.462 e. The van der Waals surface area contributed by atoms with Crippen molar-refractivity contribution in [2.24, 2.45) is 0 Å². The van der Waals surface area contributed by atoms with Crippen LogP contribution in [0.5, 0.6) is 0 Å². The summed E-state index contributed by atoms with van der Waals surface area (Å²) in [7, 11) is 0. The van der Waals surface area contributed by atoms with Gasteiger partial charge in [-0.05, 0) is 103 Å². The van der Waals surface area contributed by atoms with Gasteiger partial charge in [0.25, 0.3) is 0 Å². The molecule has 0 saturated carbocycles. The zero-order valence-corrected chi connectivity index (χ0v) is 45.0. The first-order valence-corrected chi connectivity index (χ1v) is 28.8. The van der Waals surface area contributed by atoms with Gasteiger partial charge in [0, 0.05) is 19.3 Å². The van der Waals surface area contributed by atoms with Crippen molar-refractivity contribution in [3.63, 3.8) is 0 Å². The zero-order chi connectivity index (χ0) is 50.0. The quantitative estimate of drug-likeness (QED) is 0.0199. The first kappa shape index (κ1) is 65.3. The second kappa shape index (κ2) is 56.9. The van der Waals surface area contributed by atoms with Gasteiger partial charge >= 0.3 is 17.9 Å². The van der Waals surface area contributed by atoms with Gasteiger partial charge in [-0.25, -0.2) is 0 Å². The third kappa shape index (κ3) is 55.1. The van der Waals surface area contributed by atoms with Crippen LogP contribution in [0.3, 0.4) is 0 Å². The van der Waals surface area contributed by atoms with Gasteiger partial charge in [-0.15, -0.1) is 0 Å². The summed E-state index contributed by atoms with van der Waals surface area (Å²) in [4.78, 5) is 38.2. The van der Waals surface area contributed by atoms with Crippen LogP contribution in [0.1, 0.15) is 265 Å². The van der Waals surface area contributed by atoms with Crippen molar-refractivity contribution in [3.8, 4) is 0 Å². The van der Waals surface area contributed by atoms with Crippen LogP contribution in [-0.2, 0) is 28.6 Å². The molecule has 394 valence electrons. The molecular weight excluding hydrogens is 853 g/mol. The molecule has 0 aromatic heterocycles. The fourth-order valence-corrected chi connectivity index (χ4v) is 7.84. The minimum absolute atomic E-state index is 0.0879. The molecule has 0 spiro atoms. The predicted octanol–water partition coefficient (Wildman–Crippen LogP) is 19.3. The summed E-state index contributed by atoms with van der Waals surface area (Å²) in [6.07, 6.45) is 75.3. The van der Waals surface area contributed by atoms with Gasteiger partial charge in [-0.3, -0.25) is 14.4 Å². The Morgan fingerprint density at radius 2 is 0.638 bits per heavy atom. The second-order valence-corrected chi connectivity index (χ2v) is 18.8. The van der Waals surface area contributed by atoms with Crippen LogP contribution in [0, 0.1) is 0 Å². The van der Waals surface area contributed by atoms with Gasteiger partial charge in [0.2, 0.25) is 0 Å². The number of hydrogen-bond acceptors (Lipinski definition) is 6. The lowest BCUT2D eigenvalue weighted by molar-refractivity contribution is -0.167. The molecule has 1 unspecified atom stereocenters. The summed E-state index contributed by atoms with van der Waals surface area (Å²) in [5.74, 6) is -0.909. The Morgan fingerprint density at radius 1 is 0.319 bits per heavy atom. The first-order valence-electron chi connectivity index (χ1n) is 28.8. The molecule has 69 heavy (non-hydrogen) atoms. The zero-order valence-electron chi connectivity index (χ0n) is 45.0. The molecule has 0 aliphatic heterocycles. The smallest absolute Gasteiger partial charge is 0.306 e. The summed E-state index contributed by atoms with van der Waals surface area (Å²) < 4.78 is 16.9. The Hall–Kier alpha value is -3.67. The van der Waals surface area contributed by atoms with E-state index < -0.39 is 6.10 Å². The Labute approximate surface area is 426 Å². The molecule has 6 heteroatoms. The predicted molar refractivity (Wildman–Crippen MR) is 297 cm³/mol. The van der Waals surface area contributed by atoms with E-state index >= 15 is 0 Å². The van der Waals surface area contributed by atoms with E-state index in [2.05, 4.69) is 118 Å². The molecule has 0 fully saturated rings. The molecule has 0 rings (SSSR count). The second-order valence-electron chi connectivity index (χ2n) is 18.8. The number of carbonyl (C=O) groups is 3. The van der Waals surface area contributed by atoms with E-state index in [1.807, 2.05) is 0 Å². The van der Waals surface area contributed by atoms with Gasteiger partial charge < -0.3 is 14.2 Å². The van der Waals surface area contributed by atoms with E-state index in [9.17, 15) is 14.4 Å². The highest BCUT2D eigenvalue weighted by Gasteiger charge is 2.19. The molecule has 0 aliphatic rings. The summed E-state index contributed by atoms with van der Waals surface area (Å²) >= 11 is 0. The molecule has 0 aromatic carbocycles. The summed E-state index contributed by atoms with van der Waals surface area (Å²) in [6, 6.07) is 0. The Bertz CT molecular complexity index is 1380. The highest BCUT2D eigenvalue weighted by atomic mass is 16.6. The number of unbranched alkanes of at least 4 members (excludes halogenated alkanes) is 26. The molecule has 0 saturated heterocycles. The van der Waals surface area contributed by atoms with E-state index in [-0.39, 0.29) is 31.1 Å². The van der Waals surface area contributed by atoms with Crippen LogP contribution < -0.4 is 0 Å². The van der Waals surface area contributed by atoms with Crippen LogP contribution in [0.25, 0.3) is 0 Å². The molecule has 0 bridgehead atoms. The van der Waals surface area contributed by atoms with Crippen LogP contribution in [0.4, 0.5) is 0 Å². The van der Waals surface area contributed by atoms with Gasteiger partial charge in [-0.1, -0.05) is 240 Å². The molecule has 1 atom stereocenters. The average molecular weight is 960 g/mol. The third-order valence-corrected chi connectivity index (χ3v) is 12.1. The minimum atomic E-state index is -0.791. The number of rotatable bonds is 51. The van der Waals surface area contributed by atoms with E-state index in [0.717, 1.165) is 103 Å². The van der Waals surface area contributed by atoms with Crippen molar-refractivity contribution < 1.29 is 28.6 Å². The lowest BCUT2D eigenvalue weighted by Gasteiger charge is -2.18. The van der Waals surface area contributed by atoms with Crippen molar-refractivity contribution in [2.45, 2.75) is 271 Å².